The first-order chi connectivity index (χ1) is 8.17. The number of hydrogen-bond acceptors (Lipinski definition) is 2. The van der Waals surface area contributed by atoms with Crippen molar-refractivity contribution in [1.29, 1.82) is 5.26 Å². The molecular weight excluding hydrogens is 294 g/mol. The van der Waals surface area contributed by atoms with Crippen LogP contribution in [0.5, 0.6) is 0 Å². The SMILES string of the molecule is CCCC1CC(C#N)(Sc2cccc(Br)c2)C1. The molecule has 0 aromatic heterocycles. The van der Waals surface area contributed by atoms with Gasteiger partial charge in [-0.1, -0.05) is 41.8 Å². The first-order valence-corrected chi connectivity index (χ1v) is 7.64. The number of benzene rings is 1. The topological polar surface area (TPSA) is 23.8 Å². The zero-order chi connectivity index (χ0) is 12.3. The van der Waals surface area contributed by atoms with E-state index in [1.54, 1.807) is 11.8 Å². The molecular formula is C14H16BrNS. The Hall–Kier alpha value is -0.460. The van der Waals surface area contributed by atoms with E-state index in [0.717, 1.165) is 23.2 Å². The van der Waals surface area contributed by atoms with Crippen LogP contribution in [-0.4, -0.2) is 4.75 Å². The van der Waals surface area contributed by atoms with E-state index in [1.807, 2.05) is 12.1 Å². The van der Waals surface area contributed by atoms with Crippen molar-refractivity contribution in [3.8, 4) is 6.07 Å². The number of hydrogen-bond donors (Lipinski definition) is 0. The minimum Gasteiger partial charge on any atom is -0.197 e. The maximum absolute atomic E-state index is 9.37. The van der Waals surface area contributed by atoms with Crippen LogP contribution in [-0.2, 0) is 0 Å². The number of thioether (sulfide) groups is 1. The summed E-state index contributed by atoms with van der Waals surface area (Å²) < 4.78 is 0.917. The van der Waals surface area contributed by atoms with Crippen molar-refractivity contribution in [3.05, 3.63) is 28.7 Å². The normalized spacial score (nSPS) is 27.2. The van der Waals surface area contributed by atoms with Gasteiger partial charge in [0.1, 0.15) is 4.75 Å². The molecule has 17 heavy (non-hydrogen) atoms. The molecule has 2 rings (SSSR count). The van der Waals surface area contributed by atoms with E-state index in [1.165, 1.54) is 17.7 Å². The van der Waals surface area contributed by atoms with Gasteiger partial charge in [0.25, 0.3) is 0 Å². The third-order valence-electron chi connectivity index (χ3n) is 3.25. The van der Waals surface area contributed by atoms with E-state index in [2.05, 4.69) is 41.1 Å². The Morgan fingerprint density at radius 1 is 1.53 bits per heavy atom. The second-order valence-corrected chi connectivity index (χ2v) is 7.10. The number of rotatable bonds is 4. The van der Waals surface area contributed by atoms with Gasteiger partial charge >= 0.3 is 0 Å². The second kappa shape index (κ2) is 5.46. The fourth-order valence-corrected chi connectivity index (χ4v) is 4.46. The van der Waals surface area contributed by atoms with Crippen LogP contribution in [0.2, 0.25) is 0 Å². The fraction of sp³-hybridized carbons (Fsp3) is 0.500. The number of nitrogens with zero attached hydrogens (tertiary/aromatic N) is 1. The Labute approximate surface area is 116 Å². The fourth-order valence-electron chi connectivity index (χ4n) is 2.44. The summed E-state index contributed by atoms with van der Waals surface area (Å²) in [5.74, 6) is 0.763. The lowest BCUT2D eigenvalue weighted by molar-refractivity contribution is 0.258. The van der Waals surface area contributed by atoms with E-state index in [4.69, 9.17) is 0 Å². The molecule has 0 heterocycles. The predicted molar refractivity (Wildman–Crippen MR) is 76.0 cm³/mol. The van der Waals surface area contributed by atoms with Gasteiger partial charge in [0.2, 0.25) is 0 Å². The van der Waals surface area contributed by atoms with Crippen LogP contribution in [0.25, 0.3) is 0 Å². The zero-order valence-electron chi connectivity index (χ0n) is 9.95. The molecule has 0 radical (unpaired) electrons. The maximum Gasteiger partial charge on any atom is 0.108 e. The van der Waals surface area contributed by atoms with Crippen LogP contribution in [0.1, 0.15) is 32.6 Å². The van der Waals surface area contributed by atoms with Crippen molar-refractivity contribution in [3.63, 3.8) is 0 Å². The van der Waals surface area contributed by atoms with Crippen molar-refractivity contribution >= 4 is 27.7 Å². The Bertz CT molecular complexity index is 432. The molecule has 1 aliphatic rings. The highest BCUT2D eigenvalue weighted by molar-refractivity contribution is 9.10. The molecule has 1 nitrogen and oxygen atoms in total. The lowest BCUT2D eigenvalue weighted by atomic mass is 9.73. The zero-order valence-corrected chi connectivity index (χ0v) is 12.4. The molecule has 1 saturated carbocycles. The van der Waals surface area contributed by atoms with Gasteiger partial charge in [-0.25, -0.2) is 0 Å². The minimum atomic E-state index is -0.166. The Morgan fingerprint density at radius 2 is 2.29 bits per heavy atom. The Kier molecular flexibility index (Phi) is 4.17. The van der Waals surface area contributed by atoms with Gasteiger partial charge in [-0.15, -0.1) is 11.8 Å². The largest absolute Gasteiger partial charge is 0.197 e. The standard InChI is InChI=1S/C14H16BrNS/c1-2-4-11-8-14(9-11,10-16)17-13-6-3-5-12(15)7-13/h3,5-7,11H,2,4,8-9H2,1H3. The van der Waals surface area contributed by atoms with Gasteiger partial charge in [-0.2, -0.15) is 5.26 Å². The third kappa shape index (κ3) is 3.05. The van der Waals surface area contributed by atoms with Crippen molar-refractivity contribution in [2.24, 2.45) is 5.92 Å². The molecule has 0 N–H and O–H groups in total. The Balaban J connectivity index is 2.01. The highest BCUT2D eigenvalue weighted by atomic mass is 79.9. The van der Waals surface area contributed by atoms with E-state index in [-0.39, 0.29) is 4.75 Å². The third-order valence-corrected chi connectivity index (χ3v) is 5.05. The van der Waals surface area contributed by atoms with Crippen molar-refractivity contribution in [2.75, 3.05) is 0 Å². The summed E-state index contributed by atoms with van der Waals surface area (Å²) in [5.41, 5.74) is 0. The average Bonchev–Trinajstić information content (AvgIpc) is 2.26. The van der Waals surface area contributed by atoms with E-state index < -0.39 is 0 Å². The van der Waals surface area contributed by atoms with Crippen LogP contribution in [0.4, 0.5) is 0 Å². The summed E-state index contributed by atoms with van der Waals surface area (Å²) in [5, 5.41) is 9.37. The van der Waals surface area contributed by atoms with Crippen molar-refractivity contribution < 1.29 is 0 Å². The summed E-state index contributed by atoms with van der Waals surface area (Å²) in [6.45, 7) is 2.22. The quantitative estimate of drug-likeness (QED) is 0.780. The van der Waals surface area contributed by atoms with Gasteiger partial charge in [-0.3, -0.25) is 0 Å². The molecule has 0 bridgehead atoms. The van der Waals surface area contributed by atoms with Crippen molar-refractivity contribution in [1.82, 2.24) is 0 Å². The van der Waals surface area contributed by atoms with E-state index >= 15 is 0 Å². The molecule has 0 amide bonds. The van der Waals surface area contributed by atoms with Gasteiger partial charge in [0, 0.05) is 9.37 Å². The van der Waals surface area contributed by atoms with E-state index in [0.29, 0.717) is 0 Å². The average molecular weight is 310 g/mol. The number of halogens is 1. The van der Waals surface area contributed by atoms with Gasteiger partial charge < -0.3 is 0 Å². The molecule has 3 heteroatoms. The Morgan fingerprint density at radius 3 is 2.88 bits per heavy atom. The molecule has 90 valence electrons. The second-order valence-electron chi connectivity index (χ2n) is 4.73. The van der Waals surface area contributed by atoms with E-state index in [9.17, 15) is 5.26 Å². The van der Waals surface area contributed by atoms with Gasteiger partial charge in [0.05, 0.1) is 6.07 Å². The molecule has 1 fully saturated rings. The monoisotopic (exact) mass is 309 g/mol. The minimum absolute atomic E-state index is 0.166. The van der Waals surface area contributed by atoms with Gasteiger partial charge in [-0.05, 0) is 37.0 Å². The molecule has 1 aromatic rings. The molecule has 0 unspecified atom stereocenters. The highest BCUT2D eigenvalue weighted by Crippen LogP contribution is 2.52. The maximum atomic E-state index is 9.37. The summed E-state index contributed by atoms with van der Waals surface area (Å²) in [4.78, 5) is 1.19. The summed E-state index contributed by atoms with van der Waals surface area (Å²) in [6, 6.07) is 10.7. The van der Waals surface area contributed by atoms with Crippen LogP contribution in [0.3, 0.4) is 0 Å². The van der Waals surface area contributed by atoms with Crippen LogP contribution < -0.4 is 0 Å². The lowest BCUT2D eigenvalue weighted by Gasteiger charge is -2.42. The lowest BCUT2D eigenvalue weighted by Crippen LogP contribution is -2.39. The smallest absolute Gasteiger partial charge is 0.108 e. The van der Waals surface area contributed by atoms with Crippen molar-refractivity contribution in [2.45, 2.75) is 42.2 Å². The predicted octanol–water partition coefficient (Wildman–Crippen LogP) is 5.01. The first-order valence-electron chi connectivity index (χ1n) is 6.03. The molecule has 0 saturated heterocycles. The summed E-state index contributed by atoms with van der Waals surface area (Å²) >= 11 is 5.20. The molecule has 1 aromatic carbocycles. The van der Waals surface area contributed by atoms with Crippen LogP contribution in [0.15, 0.2) is 33.6 Å². The molecule has 1 aliphatic carbocycles. The first kappa shape index (κ1) is 13.0. The molecule has 0 aliphatic heterocycles. The van der Waals surface area contributed by atoms with Gasteiger partial charge in [0.15, 0.2) is 0 Å². The highest BCUT2D eigenvalue weighted by Gasteiger charge is 2.44. The number of nitriles is 1. The molecule has 0 spiro atoms. The summed E-state index contributed by atoms with van der Waals surface area (Å²) in [6.07, 6.45) is 4.60. The van der Waals surface area contributed by atoms with Crippen LogP contribution >= 0.6 is 27.7 Å². The molecule has 0 atom stereocenters. The summed E-state index contributed by atoms with van der Waals surface area (Å²) in [7, 11) is 0. The van der Waals surface area contributed by atoms with Crippen LogP contribution in [0, 0.1) is 17.2 Å².